The number of carbonyl (C=O) groups excluding carboxylic acids is 2. The van der Waals surface area contributed by atoms with E-state index in [1.54, 1.807) is 11.8 Å². The number of hydrogen-bond acceptors (Lipinski definition) is 7. The number of rotatable bonds is 9. The number of aromatic carboxylic acids is 1. The van der Waals surface area contributed by atoms with Crippen molar-refractivity contribution in [2.45, 2.75) is 50.3 Å². The van der Waals surface area contributed by atoms with E-state index in [4.69, 9.17) is 0 Å². The molecule has 0 bridgehead atoms. The zero-order chi connectivity index (χ0) is 30.5. The minimum atomic E-state index is -1.27. The fourth-order valence-electron chi connectivity index (χ4n) is 6.09. The van der Waals surface area contributed by atoms with E-state index in [1.807, 2.05) is 0 Å². The van der Waals surface area contributed by atoms with Gasteiger partial charge in [-0.25, -0.2) is 18.4 Å². The summed E-state index contributed by atoms with van der Waals surface area (Å²) in [7, 11) is 0. The standard InChI is InChI=1S/C29H29F2N3O7S/c1-13-23-22(14(2)35)27(37)34(23)24(29(40)41)25(13)42-19-10-21(26(36)32-18-5-3-4-15(9-18)28(38)39)33(12-19)11-16-8-17(30)6-7-20(16)31/h3-9,13-14,19,21-23,35H,10-12H2,1-2H3,(H,32,36)(H,38,39)(H,40,41)/t13-,14-,19+,21+,22-,23-/m1/s1. The van der Waals surface area contributed by atoms with Crippen LogP contribution in [0.4, 0.5) is 14.5 Å². The lowest BCUT2D eigenvalue weighted by Gasteiger charge is -2.46. The van der Waals surface area contributed by atoms with Gasteiger partial charge in [-0.3, -0.25) is 14.5 Å². The van der Waals surface area contributed by atoms with Gasteiger partial charge in [-0.15, -0.1) is 11.8 Å². The van der Waals surface area contributed by atoms with Gasteiger partial charge in [0.1, 0.15) is 17.3 Å². The van der Waals surface area contributed by atoms with Crippen molar-refractivity contribution in [2.24, 2.45) is 11.8 Å². The van der Waals surface area contributed by atoms with Crippen LogP contribution in [0.1, 0.15) is 36.2 Å². The lowest BCUT2D eigenvalue weighted by atomic mass is 9.79. The average molecular weight is 602 g/mol. The third-order valence-electron chi connectivity index (χ3n) is 8.03. The zero-order valence-corrected chi connectivity index (χ0v) is 23.5. The van der Waals surface area contributed by atoms with E-state index in [-0.39, 0.29) is 53.2 Å². The highest BCUT2D eigenvalue weighted by atomic mass is 32.2. The van der Waals surface area contributed by atoms with Gasteiger partial charge in [0, 0.05) is 40.4 Å². The molecule has 3 aliphatic heterocycles. The third kappa shape index (κ3) is 5.39. The molecule has 10 nitrogen and oxygen atoms in total. The van der Waals surface area contributed by atoms with Crippen LogP contribution in [0.2, 0.25) is 0 Å². The molecule has 2 amide bonds. The Balaban J connectivity index is 1.41. The van der Waals surface area contributed by atoms with E-state index in [0.717, 1.165) is 18.2 Å². The first-order valence-corrected chi connectivity index (χ1v) is 14.2. The van der Waals surface area contributed by atoms with Gasteiger partial charge in [0.25, 0.3) is 0 Å². The lowest BCUT2D eigenvalue weighted by molar-refractivity contribution is -0.163. The molecule has 0 radical (unpaired) electrons. The van der Waals surface area contributed by atoms with Gasteiger partial charge in [0.2, 0.25) is 11.8 Å². The van der Waals surface area contributed by atoms with E-state index in [0.29, 0.717) is 4.91 Å². The number of β-lactam (4-membered cyclic amide) rings is 1. The molecule has 0 aromatic heterocycles. The smallest absolute Gasteiger partial charge is 0.353 e. The Kier molecular flexibility index (Phi) is 8.10. The summed E-state index contributed by atoms with van der Waals surface area (Å²) in [6, 6.07) is 7.42. The Morgan fingerprint density at radius 3 is 2.52 bits per heavy atom. The van der Waals surface area contributed by atoms with Crippen LogP contribution in [-0.2, 0) is 20.9 Å². The van der Waals surface area contributed by atoms with Crippen molar-refractivity contribution in [3.63, 3.8) is 0 Å². The molecule has 5 rings (SSSR count). The summed E-state index contributed by atoms with van der Waals surface area (Å²) in [6.45, 7) is 3.40. The number of benzene rings is 2. The summed E-state index contributed by atoms with van der Waals surface area (Å²) in [5, 5.41) is 31.8. The van der Waals surface area contributed by atoms with E-state index >= 15 is 0 Å². The molecule has 2 saturated heterocycles. The number of carbonyl (C=O) groups is 4. The van der Waals surface area contributed by atoms with Crippen LogP contribution in [0.5, 0.6) is 0 Å². The highest BCUT2D eigenvalue weighted by Crippen LogP contribution is 2.52. The fraction of sp³-hybridized carbons (Fsp3) is 0.379. The third-order valence-corrected chi connectivity index (χ3v) is 9.52. The summed E-state index contributed by atoms with van der Waals surface area (Å²) >= 11 is 1.23. The predicted octanol–water partition coefficient (Wildman–Crippen LogP) is 3.13. The van der Waals surface area contributed by atoms with Crippen molar-refractivity contribution in [2.75, 3.05) is 11.9 Å². The van der Waals surface area contributed by atoms with E-state index in [2.05, 4.69) is 5.32 Å². The number of halogens is 2. The maximum atomic E-state index is 14.6. The van der Waals surface area contributed by atoms with Gasteiger partial charge in [-0.2, -0.15) is 0 Å². The Hall–Kier alpha value is -3.81. The monoisotopic (exact) mass is 601 g/mol. The number of likely N-dealkylation sites (tertiary alicyclic amines) is 1. The van der Waals surface area contributed by atoms with Gasteiger partial charge in [0.15, 0.2) is 0 Å². The molecule has 2 aromatic carbocycles. The molecule has 3 heterocycles. The van der Waals surface area contributed by atoms with Crippen molar-refractivity contribution < 1.29 is 43.3 Å². The number of anilines is 1. The van der Waals surface area contributed by atoms with E-state index in [1.165, 1.54) is 47.9 Å². The molecule has 0 spiro atoms. The predicted molar refractivity (Wildman–Crippen MR) is 148 cm³/mol. The van der Waals surface area contributed by atoms with Crippen LogP contribution in [0.3, 0.4) is 0 Å². The van der Waals surface area contributed by atoms with Gasteiger partial charge in [-0.05, 0) is 49.7 Å². The maximum Gasteiger partial charge on any atom is 0.353 e. The van der Waals surface area contributed by atoms with Crippen LogP contribution in [0.15, 0.2) is 53.1 Å². The number of fused-ring (bicyclic) bond motifs is 1. The molecular weight excluding hydrogens is 572 g/mol. The first kappa shape index (κ1) is 29.7. The molecule has 4 N–H and O–H groups in total. The van der Waals surface area contributed by atoms with Gasteiger partial charge < -0.3 is 25.5 Å². The summed E-state index contributed by atoms with van der Waals surface area (Å²) in [4.78, 5) is 53.2. The van der Waals surface area contributed by atoms with Gasteiger partial charge >= 0.3 is 11.9 Å². The number of carboxylic acid groups (broad SMARTS) is 2. The average Bonchev–Trinajstić information content (AvgIpc) is 3.42. The Morgan fingerprint density at radius 1 is 1.12 bits per heavy atom. The first-order chi connectivity index (χ1) is 19.9. The highest BCUT2D eigenvalue weighted by Gasteiger charge is 2.60. The van der Waals surface area contributed by atoms with Crippen LogP contribution < -0.4 is 5.32 Å². The quantitative estimate of drug-likeness (QED) is 0.318. The Bertz CT molecular complexity index is 1500. The second-order valence-corrected chi connectivity index (χ2v) is 12.1. The highest BCUT2D eigenvalue weighted by molar-refractivity contribution is 8.03. The molecule has 42 heavy (non-hydrogen) atoms. The van der Waals surface area contributed by atoms with Crippen LogP contribution in [0.25, 0.3) is 0 Å². The summed E-state index contributed by atoms with van der Waals surface area (Å²) in [5.74, 6) is -5.76. The van der Waals surface area contributed by atoms with Gasteiger partial charge in [-0.1, -0.05) is 13.0 Å². The Morgan fingerprint density at radius 2 is 1.86 bits per heavy atom. The molecule has 13 heteroatoms. The molecule has 2 fully saturated rings. The summed E-state index contributed by atoms with van der Waals surface area (Å²) in [6.07, 6.45) is -0.732. The summed E-state index contributed by atoms with van der Waals surface area (Å²) < 4.78 is 28.5. The number of aliphatic hydroxyl groups is 1. The minimum Gasteiger partial charge on any atom is -0.478 e. The first-order valence-electron chi connectivity index (χ1n) is 13.3. The fourth-order valence-corrected chi connectivity index (χ4v) is 7.65. The van der Waals surface area contributed by atoms with Crippen molar-refractivity contribution in [3.05, 3.63) is 75.8 Å². The van der Waals surface area contributed by atoms with Crippen molar-refractivity contribution in [1.29, 1.82) is 0 Å². The van der Waals surface area contributed by atoms with Gasteiger partial charge in [0.05, 0.1) is 29.7 Å². The van der Waals surface area contributed by atoms with Crippen molar-refractivity contribution in [3.8, 4) is 0 Å². The SMILES string of the molecule is C[C@@H](O)[C@H]1C(=O)N2C(C(=O)O)=C(S[C@H]3C[C@@H](C(=O)Nc4cccc(C(=O)O)c4)N(Cc4cc(F)ccc4F)C3)[C@H](C)[C@H]12. The van der Waals surface area contributed by atoms with Crippen LogP contribution in [0, 0.1) is 23.5 Å². The number of amides is 2. The molecule has 6 atom stereocenters. The van der Waals surface area contributed by atoms with E-state index < -0.39 is 59.5 Å². The number of aliphatic hydroxyl groups excluding tert-OH is 1. The normalized spacial score (nSPS) is 26.2. The molecule has 0 saturated carbocycles. The maximum absolute atomic E-state index is 14.6. The number of thioether (sulfide) groups is 1. The second-order valence-electron chi connectivity index (χ2n) is 10.8. The number of aliphatic carboxylic acids is 1. The molecule has 222 valence electrons. The van der Waals surface area contributed by atoms with Crippen molar-refractivity contribution in [1.82, 2.24) is 9.80 Å². The summed E-state index contributed by atoms with van der Waals surface area (Å²) in [5.41, 5.74) is 0.130. The number of nitrogens with one attached hydrogen (secondary N) is 1. The molecule has 3 aliphatic rings. The van der Waals surface area contributed by atoms with Crippen molar-refractivity contribution >= 4 is 41.2 Å². The molecule has 0 unspecified atom stereocenters. The topological polar surface area (TPSA) is 147 Å². The van der Waals surface area contributed by atoms with Crippen LogP contribution in [-0.4, -0.2) is 78.9 Å². The molecular formula is C29H29F2N3O7S. The van der Waals surface area contributed by atoms with E-state index in [9.17, 15) is 43.3 Å². The number of carboxylic acids is 2. The molecule has 0 aliphatic carbocycles. The number of hydrogen-bond donors (Lipinski definition) is 4. The zero-order valence-electron chi connectivity index (χ0n) is 22.7. The lowest BCUT2D eigenvalue weighted by Crippen LogP contribution is -2.63. The minimum absolute atomic E-state index is 0.0237. The largest absolute Gasteiger partial charge is 0.478 e. The molecule has 2 aromatic rings. The Labute approximate surface area is 244 Å². The van der Waals surface area contributed by atoms with Crippen LogP contribution >= 0.6 is 11.8 Å². The second kappa shape index (κ2) is 11.5. The number of nitrogens with zero attached hydrogens (tertiary/aromatic N) is 2.